The molecule has 4 atom stereocenters. The van der Waals surface area contributed by atoms with Crippen molar-refractivity contribution in [1.82, 2.24) is 0 Å². The first kappa shape index (κ1) is 30.5. The third-order valence-electron chi connectivity index (χ3n) is 9.51. The van der Waals surface area contributed by atoms with Crippen molar-refractivity contribution >= 4 is 14.1 Å². The van der Waals surface area contributed by atoms with E-state index in [2.05, 4.69) is 52.9 Å². The molecule has 1 aliphatic heterocycles. The fraction of sp³-hybridized carbons (Fsp3) is 0.727. The van der Waals surface area contributed by atoms with Gasteiger partial charge >= 0.3 is 0 Å². The molecule has 1 heterocycles. The number of ketones is 1. The van der Waals surface area contributed by atoms with E-state index in [1.165, 1.54) is 29.5 Å². The highest BCUT2D eigenvalue weighted by Crippen LogP contribution is 2.52. The lowest BCUT2D eigenvalue weighted by Crippen LogP contribution is -2.43. The lowest BCUT2D eigenvalue weighted by molar-refractivity contribution is -0.190. The number of rotatable bonds is 12. The Kier molecular flexibility index (Phi) is 10.2. The molecule has 1 aromatic carbocycles. The van der Waals surface area contributed by atoms with Gasteiger partial charge in [0.05, 0.1) is 19.3 Å². The van der Waals surface area contributed by atoms with Crippen molar-refractivity contribution in [3.63, 3.8) is 0 Å². The number of carbonyl (C=O) groups is 1. The molecule has 1 aromatic rings. The second-order valence-electron chi connectivity index (χ2n) is 13.3. The Morgan fingerprint density at radius 3 is 2.56 bits per heavy atom. The van der Waals surface area contributed by atoms with Crippen LogP contribution in [0.15, 0.2) is 29.3 Å². The molecule has 39 heavy (non-hydrogen) atoms. The summed E-state index contributed by atoms with van der Waals surface area (Å²) in [5.41, 5.74) is 4.64. The predicted molar refractivity (Wildman–Crippen MR) is 160 cm³/mol. The largest absolute Gasteiger partial charge is 0.496 e. The van der Waals surface area contributed by atoms with Gasteiger partial charge in [-0.3, -0.25) is 4.79 Å². The number of hydrogen-bond acceptors (Lipinski definition) is 5. The van der Waals surface area contributed by atoms with E-state index in [4.69, 9.17) is 18.6 Å². The van der Waals surface area contributed by atoms with Gasteiger partial charge in [0.15, 0.2) is 20.4 Å². The smallest absolute Gasteiger partial charge is 0.193 e. The molecular formula is C33H52O5Si. The molecule has 5 nitrogen and oxygen atoms in total. The molecule has 218 valence electrons. The first-order valence-electron chi connectivity index (χ1n) is 15.4. The zero-order chi connectivity index (χ0) is 28.2. The van der Waals surface area contributed by atoms with Crippen molar-refractivity contribution in [2.45, 2.75) is 135 Å². The second-order valence-corrected chi connectivity index (χ2v) is 18.1. The van der Waals surface area contributed by atoms with E-state index < -0.39 is 8.32 Å². The number of Topliss-reactive ketones (excluding diaryl/α,β-unsaturated/α-hetero) is 1. The second kappa shape index (κ2) is 13.0. The van der Waals surface area contributed by atoms with E-state index >= 15 is 0 Å². The Labute approximate surface area is 238 Å². The highest BCUT2D eigenvalue weighted by atomic mass is 28.4. The summed E-state index contributed by atoms with van der Waals surface area (Å²) in [5, 5.41) is 0.0700. The minimum absolute atomic E-state index is 0.0700. The zero-order valence-electron chi connectivity index (χ0n) is 25.6. The monoisotopic (exact) mass is 556 g/mol. The van der Waals surface area contributed by atoms with E-state index in [0.717, 1.165) is 69.3 Å². The standard InChI is InChI=1S/C33H52O5Si/c1-8-9-10-14-24(37-30-17-11-12-20-36-30)18-19-26-28(34)22-23-21-27-25(15-13-16-29(27)35-5)32(31(23)26)38-39(6,7)33(2,3)4/h13,15-16,23-24,30,32H,8-12,14,17-22H2,1-7H3/t23-,24+,30?,32+/m1/s1. The van der Waals surface area contributed by atoms with Crippen LogP contribution in [0.2, 0.25) is 18.1 Å². The number of methoxy groups -OCH3 is 1. The number of fused-ring (bicyclic) bond motifs is 2. The van der Waals surface area contributed by atoms with Gasteiger partial charge in [-0.1, -0.05) is 59.1 Å². The molecule has 3 aliphatic rings. The Balaban J connectivity index is 1.64. The molecule has 2 aliphatic carbocycles. The van der Waals surface area contributed by atoms with Gasteiger partial charge in [0.1, 0.15) is 5.75 Å². The summed E-state index contributed by atoms with van der Waals surface area (Å²) in [6.07, 6.45) is 10.7. The minimum Gasteiger partial charge on any atom is -0.496 e. The Morgan fingerprint density at radius 1 is 1.10 bits per heavy atom. The lowest BCUT2D eigenvalue weighted by Gasteiger charge is -2.43. The molecule has 0 amide bonds. The summed E-state index contributed by atoms with van der Waals surface area (Å²) >= 11 is 0. The molecule has 0 spiro atoms. The Bertz CT molecular complexity index is 1020. The summed E-state index contributed by atoms with van der Waals surface area (Å²) in [7, 11) is -0.383. The van der Waals surface area contributed by atoms with Crippen LogP contribution in [0.1, 0.15) is 109 Å². The first-order chi connectivity index (χ1) is 18.6. The summed E-state index contributed by atoms with van der Waals surface area (Å²) < 4.78 is 25.4. The molecule has 0 N–H and O–H groups in total. The third kappa shape index (κ3) is 7.06. The first-order valence-corrected chi connectivity index (χ1v) is 18.3. The van der Waals surface area contributed by atoms with Crippen molar-refractivity contribution < 1.29 is 23.4 Å². The van der Waals surface area contributed by atoms with Crippen LogP contribution in [0.3, 0.4) is 0 Å². The zero-order valence-corrected chi connectivity index (χ0v) is 26.6. The van der Waals surface area contributed by atoms with Crippen molar-refractivity contribution in [3.05, 3.63) is 40.5 Å². The SMILES string of the molecule is CCCCC[C@@H](CCC1=C2[C@@H](CC1=O)Cc1c(OC)cccc1[C@@H]2O[Si](C)(C)C(C)(C)C)OC1CCCCO1. The Morgan fingerprint density at radius 2 is 1.90 bits per heavy atom. The Hall–Kier alpha value is -1.47. The summed E-state index contributed by atoms with van der Waals surface area (Å²) in [6.45, 7) is 14.5. The van der Waals surface area contributed by atoms with Gasteiger partial charge < -0.3 is 18.6 Å². The van der Waals surface area contributed by atoms with E-state index in [0.29, 0.717) is 12.2 Å². The third-order valence-corrected chi connectivity index (χ3v) is 13.9. The molecule has 1 unspecified atom stereocenters. The maximum Gasteiger partial charge on any atom is 0.193 e. The van der Waals surface area contributed by atoms with Crippen LogP contribution in [0, 0.1) is 5.92 Å². The maximum absolute atomic E-state index is 13.6. The summed E-state index contributed by atoms with van der Waals surface area (Å²) in [6, 6.07) is 6.30. The fourth-order valence-corrected chi connectivity index (χ4v) is 7.39. The average Bonchev–Trinajstić information content (AvgIpc) is 3.21. The number of hydrogen-bond donors (Lipinski definition) is 0. The van der Waals surface area contributed by atoms with Crippen molar-refractivity contribution in [1.29, 1.82) is 0 Å². The van der Waals surface area contributed by atoms with Gasteiger partial charge in [-0.05, 0) is 91.8 Å². The lowest BCUT2D eigenvalue weighted by atomic mass is 9.78. The van der Waals surface area contributed by atoms with Gasteiger partial charge in [0.25, 0.3) is 0 Å². The predicted octanol–water partition coefficient (Wildman–Crippen LogP) is 8.47. The number of allylic oxidation sites excluding steroid dienone is 1. The van der Waals surface area contributed by atoms with Crippen LogP contribution < -0.4 is 4.74 Å². The minimum atomic E-state index is -2.12. The van der Waals surface area contributed by atoms with Gasteiger partial charge in [-0.2, -0.15) is 0 Å². The van der Waals surface area contributed by atoms with E-state index in [-0.39, 0.29) is 29.5 Å². The summed E-state index contributed by atoms with van der Waals surface area (Å²) in [4.78, 5) is 13.6. The van der Waals surface area contributed by atoms with Crippen molar-refractivity contribution in [2.75, 3.05) is 13.7 Å². The molecule has 1 fully saturated rings. The molecule has 4 rings (SSSR count). The van der Waals surface area contributed by atoms with Crippen molar-refractivity contribution in [2.24, 2.45) is 5.92 Å². The van der Waals surface area contributed by atoms with Gasteiger partial charge in [0.2, 0.25) is 0 Å². The average molecular weight is 557 g/mol. The normalized spacial score (nSPS) is 24.5. The number of carbonyl (C=O) groups excluding carboxylic acids is 1. The van der Waals surface area contributed by atoms with Gasteiger partial charge in [-0.15, -0.1) is 0 Å². The van der Waals surface area contributed by atoms with Crippen LogP contribution in [0.4, 0.5) is 0 Å². The number of ether oxygens (including phenoxy) is 3. The quantitative estimate of drug-likeness (QED) is 0.191. The maximum atomic E-state index is 13.6. The van der Waals surface area contributed by atoms with E-state index in [1.807, 2.05) is 6.07 Å². The highest BCUT2D eigenvalue weighted by molar-refractivity contribution is 6.74. The fourth-order valence-electron chi connectivity index (χ4n) is 6.19. The molecule has 1 saturated heterocycles. The van der Waals surface area contributed by atoms with Gasteiger partial charge in [0, 0.05) is 18.6 Å². The summed E-state index contributed by atoms with van der Waals surface area (Å²) in [5.74, 6) is 1.40. The van der Waals surface area contributed by atoms with Crippen molar-refractivity contribution in [3.8, 4) is 5.75 Å². The van der Waals surface area contributed by atoms with Crippen LogP contribution in [0.25, 0.3) is 0 Å². The molecule has 0 saturated carbocycles. The van der Waals surface area contributed by atoms with Crippen LogP contribution >= 0.6 is 0 Å². The van der Waals surface area contributed by atoms with Crippen LogP contribution in [0.5, 0.6) is 5.75 Å². The van der Waals surface area contributed by atoms with Crippen LogP contribution in [-0.2, 0) is 25.1 Å². The van der Waals surface area contributed by atoms with Crippen LogP contribution in [-0.4, -0.2) is 40.2 Å². The number of unbranched alkanes of at least 4 members (excludes halogenated alkanes) is 2. The molecular weight excluding hydrogens is 504 g/mol. The van der Waals surface area contributed by atoms with Gasteiger partial charge in [-0.25, -0.2) is 0 Å². The molecule has 6 heteroatoms. The molecule has 0 bridgehead atoms. The molecule has 0 aromatic heterocycles. The topological polar surface area (TPSA) is 54.0 Å². The highest BCUT2D eigenvalue weighted by Gasteiger charge is 2.47. The number of benzene rings is 1. The van der Waals surface area contributed by atoms with E-state index in [1.54, 1.807) is 7.11 Å². The van der Waals surface area contributed by atoms with E-state index in [9.17, 15) is 4.79 Å². The molecule has 0 radical (unpaired) electrons.